The highest BCUT2D eigenvalue weighted by Gasteiger charge is 2.56. The molecule has 1 N–H and O–H groups in total. The van der Waals surface area contributed by atoms with Gasteiger partial charge in [0.25, 0.3) is 0 Å². The second kappa shape index (κ2) is 11.5. The predicted molar refractivity (Wildman–Crippen MR) is 172 cm³/mol. The highest BCUT2D eigenvalue weighted by Crippen LogP contribution is 2.56. The van der Waals surface area contributed by atoms with Gasteiger partial charge in [0.15, 0.2) is 17.3 Å². The third-order valence-electron chi connectivity index (χ3n) is 9.42. The van der Waals surface area contributed by atoms with Gasteiger partial charge >= 0.3 is 0 Å². The van der Waals surface area contributed by atoms with Crippen molar-refractivity contribution >= 4 is 50.8 Å². The van der Waals surface area contributed by atoms with Crippen LogP contribution in [0.15, 0.2) is 106 Å². The number of anilines is 1. The Kier molecular flexibility index (Phi) is 7.44. The van der Waals surface area contributed by atoms with Gasteiger partial charge < -0.3 is 9.84 Å². The van der Waals surface area contributed by atoms with Crippen molar-refractivity contribution in [3.63, 3.8) is 0 Å². The van der Waals surface area contributed by atoms with Gasteiger partial charge in [-0.25, -0.2) is 0 Å². The summed E-state index contributed by atoms with van der Waals surface area (Å²) in [6.45, 7) is 1.74. The Labute approximate surface area is 273 Å². The fourth-order valence-corrected chi connectivity index (χ4v) is 7.71. The van der Waals surface area contributed by atoms with Crippen molar-refractivity contribution in [1.82, 2.24) is 0 Å². The molecule has 3 aromatic rings. The first-order valence-electron chi connectivity index (χ1n) is 15.0. The third-order valence-corrected chi connectivity index (χ3v) is 10.0. The minimum atomic E-state index is -0.794. The number of hydrogen-bond donors (Lipinski definition) is 1. The number of halogens is 1. The molecule has 3 aliphatic carbocycles. The van der Waals surface area contributed by atoms with E-state index in [1.165, 1.54) is 24.0 Å². The SMILES string of the molecule is CC(=O)c1ccc(N2C(=O)[C@H]3[C@H](CC=C4[C@H](c5ccc(OCc6ccccc6)cc5O)C5=C(C[C@H]43)C(=O)C(Br)=CC5=O)C2=O)cc1. The number of rotatable bonds is 6. The molecule has 7 rings (SSSR count). The lowest BCUT2D eigenvalue weighted by Gasteiger charge is -2.42. The molecule has 230 valence electrons. The number of hydrogen-bond acceptors (Lipinski definition) is 7. The normalized spacial score (nSPS) is 23.8. The number of amides is 2. The lowest BCUT2D eigenvalue weighted by atomic mass is 9.59. The molecule has 0 bridgehead atoms. The van der Waals surface area contributed by atoms with E-state index in [0.717, 1.165) is 11.1 Å². The van der Waals surface area contributed by atoms with E-state index in [9.17, 15) is 29.1 Å². The van der Waals surface area contributed by atoms with Crippen LogP contribution in [0, 0.1) is 17.8 Å². The fourth-order valence-electron chi connectivity index (χ4n) is 7.26. The van der Waals surface area contributed by atoms with E-state index in [-0.39, 0.29) is 63.4 Å². The van der Waals surface area contributed by atoms with Crippen LogP contribution < -0.4 is 9.64 Å². The maximum atomic E-state index is 14.1. The van der Waals surface area contributed by atoms with Gasteiger partial charge in [-0.2, -0.15) is 0 Å². The topological polar surface area (TPSA) is 118 Å². The van der Waals surface area contributed by atoms with Crippen LogP contribution in [-0.4, -0.2) is 34.3 Å². The molecule has 0 unspecified atom stereocenters. The van der Waals surface area contributed by atoms with Crippen molar-refractivity contribution in [1.29, 1.82) is 0 Å². The van der Waals surface area contributed by atoms with Gasteiger partial charge in [-0.1, -0.05) is 48.0 Å². The van der Waals surface area contributed by atoms with Gasteiger partial charge in [0, 0.05) is 40.3 Å². The summed E-state index contributed by atoms with van der Waals surface area (Å²) in [7, 11) is 0. The Morgan fingerprint density at radius 3 is 2.39 bits per heavy atom. The Morgan fingerprint density at radius 1 is 0.957 bits per heavy atom. The molecular formula is C37H28BrNO7. The molecular weight excluding hydrogens is 650 g/mol. The van der Waals surface area contributed by atoms with E-state index < -0.39 is 23.7 Å². The van der Waals surface area contributed by atoms with Crippen molar-refractivity contribution < 1.29 is 33.8 Å². The summed E-state index contributed by atoms with van der Waals surface area (Å²) in [6, 6.07) is 20.9. The minimum Gasteiger partial charge on any atom is -0.507 e. The number of phenolic OH excluding ortho intramolecular Hbond substituents is 1. The molecule has 9 heteroatoms. The van der Waals surface area contributed by atoms with Gasteiger partial charge in [0.2, 0.25) is 11.8 Å². The number of aromatic hydroxyl groups is 1. The number of Topliss-reactive ketones (excluding diaryl/α,β-unsaturated/α-hetero) is 2. The number of ketones is 3. The van der Waals surface area contributed by atoms with Crippen LogP contribution in [0.2, 0.25) is 0 Å². The van der Waals surface area contributed by atoms with Crippen LogP contribution in [0.5, 0.6) is 11.5 Å². The van der Waals surface area contributed by atoms with E-state index in [4.69, 9.17) is 4.74 Å². The lowest BCUT2D eigenvalue weighted by Crippen LogP contribution is -2.39. The summed E-state index contributed by atoms with van der Waals surface area (Å²) >= 11 is 3.24. The Balaban J connectivity index is 1.27. The maximum Gasteiger partial charge on any atom is 0.238 e. The second-order valence-electron chi connectivity index (χ2n) is 12.0. The van der Waals surface area contributed by atoms with Crippen LogP contribution in [0.3, 0.4) is 0 Å². The molecule has 8 nitrogen and oxygen atoms in total. The first-order valence-corrected chi connectivity index (χ1v) is 15.8. The number of ether oxygens (including phenoxy) is 1. The van der Waals surface area contributed by atoms with Gasteiger partial charge in [-0.15, -0.1) is 0 Å². The average Bonchev–Trinajstić information content (AvgIpc) is 3.31. The molecule has 4 aliphatic rings. The lowest BCUT2D eigenvalue weighted by molar-refractivity contribution is -0.123. The zero-order valence-electron chi connectivity index (χ0n) is 24.7. The predicted octanol–water partition coefficient (Wildman–Crippen LogP) is 6.14. The van der Waals surface area contributed by atoms with E-state index in [0.29, 0.717) is 29.2 Å². The highest BCUT2D eigenvalue weighted by molar-refractivity contribution is 9.12. The molecule has 1 fully saturated rings. The first kappa shape index (κ1) is 29.8. The van der Waals surface area contributed by atoms with Crippen LogP contribution >= 0.6 is 15.9 Å². The van der Waals surface area contributed by atoms with E-state index >= 15 is 0 Å². The highest BCUT2D eigenvalue weighted by atomic mass is 79.9. The van der Waals surface area contributed by atoms with Crippen molar-refractivity contribution in [3.8, 4) is 11.5 Å². The zero-order chi connectivity index (χ0) is 32.3. The number of fused-ring (bicyclic) bond motifs is 3. The van der Waals surface area contributed by atoms with Crippen LogP contribution in [0.1, 0.15) is 47.2 Å². The van der Waals surface area contributed by atoms with E-state index in [1.807, 2.05) is 36.4 Å². The smallest absolute Gasteiger partial charge is 0.238 e. The molecule has 0 saturated carbocycles. The van der Waals surface area contributed by atoms with Gasteiger partial charge in [-0.05, 0) is 77.5 Å². The quantitative estimate of drug-likeness (QED) is 0.144. The Hall–Kier alpha value is -4.89. The number of carbonyl (C=O) groups is 5. The molecule has 0 spiro atoms. The fraction of sp³-hybridized carbons (Fsp3) is 0.216. The number of benzene rings is 3. The molecule has 4 atom stereocenters. The van der Waals surface area contributed by atoms with E-state index in [2.05, 4.69) is 15.9 Å². The van der Waals surface area contributed by atoms with E-state index in [1.54, 1.807) is 36.4 Å². The molecule has 0 aromatic heterocycles. The third kappa shape index (κ3) is 4.86. The molecule has 46 heavy (non-hydrogen) atoms. The molecule has 2 amide bonds. The van der Waals surface area contributed by atoms with Gasteiger partial charge in [0.1, 0.15) is 18.1 Å². The van der Waals surface area contributed by atoms with Crippen molar-refractivity contribution in [2.45, 2.75) is 32.3 Å². The summed E-state index contributed by atoms with van der Waals surface area (Å²) in [4.78, 5) is 67.8. The number of allylic oxidation sites excluding steroid dienone is 6. The molecule has 1 heterocycles. The average molecular weight is 679 g/mol. The molecule has 0 radical (unpaired) electrons. The number of imide groups is 1. The standard InChI is InChI=1S/C37H28BrNO7/c1-19(40)21-7-9-22(10-8-21)39-36(44)26-14-13-24-27(33(26)37(39)45)16-28-34(31(42)17-29(38)35(28)43)32(24)25-12-11-23(15-30(25)41)46-18-20-5-3-2-4-6-20/h2-13,15,17,26-27,32-33,41H,14,16,18H2,1H3/t26-,27+,32+,33-/m0/s1. The Bertz CT molecular complexity index is 1940. The van der Waals surface area contributed by atoms with Crippen molar-refractivity contribution in [2.75, 3.05) is 4.90 Å². The van der Waals surface area contributed by atoms with Gasteiger partial charge in [-0.3, -0.25) is 28.9 Å². The summed E-state index contributed by atoms with van der Waals surface area (Å²) in [6.07, 6.45) is 3.54. The maximum absolute atomic E-state index is 14.1. The summed E-state index contributed by atoms with van der Waals surface area (Å²) in [5, 5.41) is 11.4. The molecule has 1 saturated heterocycles. The summed E-state index contributed by atoms with van der Waals surface area (Å²) in [5.41, 5.74) is 3.50. The number of carbonyl (C=O) groups excluding carboxylic acids is 5. The molecule has 1 aliphatic heterocycles. The Morgan fingerprint density at radius 2 is 1.70 bits per heavy atom. The number of phenols is 1. The van der Waals surface area contributed by atoms with Crippen molar-refractivity contribution in [2.24, 2.45) is 17.8 Å². The van der Waals surface area contributed by atoms with Crippen LogP contribution in [-0.2, 0) is 25.8 Å². The largest absolute Gasteiger partial charge is 0.507 e. The minimum absolute atomic E-state index is 0.110. The summed E-state index contributed by atoms with van der Waals surface area (Å²) < 4.78 is 6.04. The number of nitrogens with zero attached hydrogens (tertiary/aromatic N) is 1. The van der Waals surface area contributed by atoms with Crippen LogP contribution in [0.25, 0.3) is 0 Å². The second-order valence-corrected chi connectivity index (χ2v) is 12.9. The van der Waals surface area contributed by atoms with Crippen molar-refractivity contribution in [3.05, 3.63) is 123 Å². The molecule has 3 aromatic carbocycles. The van der Waals surface area contributed by atoms with Crippen LogP contribution in [0.4, 0.5) is 5.69 Å². The summed E-state index contributed by atoms with van der Waals surface area (Å²) in [5.74, 6) is -3.99. The van der Waals surface area contributed by atoms with Gasteiger partial charge in [0.05, 0.1) is 22.0 Å². The first-order chi connectivity index (χ1) is 22.1. The zero-order valence-corrected chi connectivity index (χ0v) is 26.3. The monoisotopic (exact) mass is 677 g/mol.